The average Bonchev–Trinajstić information content (AvgIpc) is 3.11. The first-order valence-electron chi connectivity index (χ1n) is 14.8. The van der Waals surface area contributed by atoms with Crippen LogP contribution in [-0.4, -0.2) is 41.3 Å². The van der Waals surface area contributed by atoms with Gasteiger partial charge in [0.25, 0.3) is 0 Å². The zero-order valence-electron chi connectivity index (χ0n) is 23.6. The van der Waals surface area contributed by atoms with Crippen molar-refractivity contribution in [2.45, 2.75) is 130 Å². The molecule has 0 aromatic rings. The van der Waals surface area contributed by atoms with Gasteiger partial charge in [0.15, 0.2) is 9.84 Å². The molecule has 4 saturated carbocycles. The molecule has 204 valence electrons. The van der Waals surface area contributed by atoms with Gasteiger partial charge in [-0.25, -0.2) is 8.42 Å². The van der Waals surface area contributed by atoms with Crippen LogP contribution in [0.5, 0.6) is 0 Å². The van der Waals surface area contributed by atoms with E-state index in [-0.39, 0.29) is 23.0 Å². The van der Waals surface area contributed by atoms with Crippen molar-refractivity contribution in [3.63, 3.8) is 0 Å². The van der Waals surface area contributed by atoms with Crippen molar-refractivity contribution in [3.8, 4) is 0 Å². The Morgan fingerprint density at radius 1 is 0.943 bits per heavy atom. The lowest BCUT2D eigenvalue weighted by molar-refractivity contribution is -0.203. The summed E-state index contributed by atoms with van der Waals surface area (Å²) < 4.78 is 24.6. The van der Waals surface area contributed by atoms with Crippen molar-refractivity contribution in [3.05, 3.63) is 0 Å². The maximum absolute atomic E-state index is 12.6. The number of hydrogen-bond acceptors (Lipinski definition) is 4. The van der Waals surface area contributed by atoms with Gasteiger partial charge in [0.05, 0.1) is 22.7 Å². The molecule has 35 heavy (non-hydrogen) atoms. The van der Waals surface area contributed by atoms with Crippen molar-refractivity contribution >= 4 is 9.84 Å². The molecule has 0 radical (unpaired) electrons. The second-order valence-electron chi connectivity index (χ2n) is 14.7. The average molecular weight is 511 g/mol. The zero-order valence-corrected chi connectivity index (χ0v) is 24.4. The lowest BCUT2D eigenvalue weighted by Crippen LogP contribution is -2.62. The highest BCUT2D eigenvalue weighted by Crippen LogP contribution is 2.69. The van der Waals surface area contributed by atoms with E-state index in [9.17, 15) is 18.6 Å². The minimum Gasteiger partial charge on any atom is -0.393 e. The second-order valence-corrected chi connectivity index (χ2v) is 17.5. The number of aliphatic hydroxyl groups excluding tert-OH is 2. The molecule has 0 amide bonds. The largest absolute Gasteiger partial charge is 0.393 e. The van der Waals surface area contributed by atoms with E-state index in [0.29, 0.717) is 47.2 Å². The maximum atomic E-state index is 12.6. The number of fused-ring (bicyclic) bond motifs is 5. The highest BCUT2D eigenvalue weighted by molar-refractivity contribution is 7.92. The SMILES string of the molecule is CC[C@H]1[C@@H](O)[C@@H]2[C@H](CC[C@]3(C)[C@@H]([C@H](C)CCCS(=O)(=O)C(C)(C)C)CC[C@@H]23)[C@@]2(C)CC[C@@H](O)C[C@@H]12. The maximum Gasteiger partial charge on any atom is 0.155 e. The van der Waals surface area contributed by atoms with Crippen molar-refractivity contribution in [1.29, 1.82) is 0 Å². The van der Waals surface area contributed by atoms with Gasteiger partial charge in [0.2, 0.25) is 0 Å². The minimum atomic E-state index is -3.06. The van der Waals surface area contributed by atoms with Crippen LogP contribution in [0, 0.1) is 52.3 Å². The minimum absolute atomic E-state index is 0.196. The van der Waals surface area contributed by atoms with Crippen LogP contribution in [0.15, 0.2) is 0 Å². The fraction of sp³-hybridized carbons (Fsp3) is 1.00. The molecule has 0 heterocycles. The predicted octanol–water partition coefficient (Wildman–Crippen LogP) is 6.24. The van der Waals surface area contributed by atoms with Crippen molar-refractivity contribution < 1.29 is 18.6 Å². The van der Waals surface area contributed by atoms with Crippen LogP contribution in [0.4, 0.5) is 0 Å². The Morgan fingerprint density at radius 3 is 2.20 bits per heavy atom. The van der Waals surface area contributed by atoms with E-state index < -0.39 is 14.6 Å². The summed E-state index contributed by atoms with van der Waals surface area (Å²) in [5.41, 5.74) is 0.496. The fourth-order valence-electron chi connectivity index (χ4n) is 10.0. The predicted molar refractivity (Wildman–Crippen MR) is 144 cm³/mol. The Balaban J connectivity index is 1.51. The van der Waals surface area contributed by atoms with E-state index in [0.717, 1.165) is 38.5 Å². The summed E-state index contributed by atoms with van der Waals surface area (Å²) in [6, 6.07) is 0. The van der Waals surface area contributed by atoms with E-state index in [2.05, 4.69) is 27.7 Å². The Hall–Kier alpha value is -0.130. The molecule has 4 nitrogen and oxygen atoms in total. The smallest absolute Gasteiger partial charge is 0.155 e. The molecule has 4 fully saturated rings. The summed E-state index contributed by atoms with van der Waals surface area (Å²) in [6.07, 6.45) is 10.1. The Morgan fingerprint density at radius 2 is 1.57 bits per heavy atom. The standard InChI is InChI=1S/C30H54O4S/c1-8-21-25-18-20(31)13-15-30(25,7)24-14-16-29(6)22(11-12-23(29)26(24)27(21)32)19(2)10-9-17-35(33,34)28(3,4)5/h19-27,31-32H,8-18H2,1-7H3/t19-,20-,21-,22-,23+,24+,25+,26+,27-,29-,30-/m1/s1. The van der Waals surface area contributed by atoms with Gasteiger partial charge in [-0.15, -0.1) is 0 Å². The van der Waals surface area contributed by atoms with Gasteiger partial charge in [-0.05, 0) is 131 Å². The van der Waals surface area contributed by atoms with Gasteiger partial charge in [0.1, 0.15) is 0 Å². The highest BCUT2D eigenvalue weighted by atomic mass is 32.2. The van der Waals surface area contributed by atoms with E-state index >= 15 is 0 Å². The molecular weight excluding hydrogens is 456 g/mol. The van der Waals surface area contributed by atoms with Gasteiger partial charge in [-0.3, -0.25) is 0 Å². The molecule has 0 aromatic heterocycles. The number of aliphatic hydroxyl groups is 2. The Kier molecular flexibility index (Phi) is 7.62. The van der Waals surface area contributed by atoms with Gasteiger partial charge in [-0.1, -0.05) is 34.1 Å². The van der Waals surface area contributed by atoms with Crippen LogP contribution < -0.4 is 0 Å². The molecule has 5 heteroatoms. The molecule has 0 spiro atoms. The number of sulfone groups is 1. The molecular formula is C30H54O4S. The van der Waals surface area contributed by atoms with Crippen LogP contribution in [0.3, 0.4) is 0 Å². The molecule has 4 rings (SSSR count). The van der Waals surface area contributed by atoms with Gasteiger partial charge >= 0.3 is 0 Å². The number of hydrogen-bond donors (Lipinski definition) is 2. The molecule has 0 aromatic carbocycles. The third-order valence-corrected chi connectivity index (χ3v) is 14.8. The first-order chi connectivity index (χ1) is 16.2. The third kappa shape index (κ3) is 4.56. The van der Waals surface area contributed by atoms with E-state index in [4.69, 9.17) is 0 Å². The summed E-state index contributed by atoms with van der Waals surface area (Å²) in [5, 5.41) is 22.3. The molecule has 2 N–H and O–H groups in total. The first kappa shape index (κ1) is 27.9. The highest BCUT2D eigenvalue weighted by Gasteiger charge is 2.64. The van der Waals surface area contributed by atoms with E-state index in [1.807, 2.05) is 20.8 Å². The number of rotatable bonds is 6. The summed E-state index contributed by atoms with van der Waals surface area (Å²) in [6.45, 7) is 15.0. The lowest BCUT2D eigenvalue weighted by atomic mass is 9.41. The van der Waals surface area contributed by atoms with Crippen molar-refractivity contribution in [2.75, 3.05) is 5.75 Å². The lowest BCUT2D eigenvalue weighted by Gasteiger charge is -2.64. The summed E-state index contributed by atoms with van der Waals surface area (Å²) in [7, 11) is -3.06. The fourth-order valence-corrected chi connectivity index (χ4v) is 11.2. The van der Waals surface area contributed by atoms with E-state index in [1.165, 1.54) is 25.7 Å². The summed E-state index contributed by atoms with van der Waals surface area (Å²) >= 11 is 0. The molecule has 11 atom stereocenters. The zero-order chi connectivity index (χ0) is 26.0. The summed E-state index contributed by atoms with van der Waals surface area (Å²) in [4.78, 5) is 0. The molecule has 0 unspecified atom stereocenters. The van der Waals surface area contributed by atoms with E-state index in [1.54, 1.807) is 0 Å². The normalized spacial score (nSPS) is 47.0. The monoisotopic (exact) mass is 510 g/mol. The van der Waals surface area contributed by atoms with Crippen LogP contribution in [-0.2, 0) is 9.84 Å². The topological polar surface area (TPSA) is 74.6 Å². The first-order valence-corrected chi connectivity index (χ1v) is 16.4. The quantitative estimate of drug-likeness (QED) is 0.443. The van der Waals surface area contributed by atoms with Crippen molar-refractivity contribution in [2.24, 2.45) is 52.3 Å². The van der Waals surface area contributed by atoms with Gasteiger partial charge < -0.3 is 10.2 Å². The summed E-state index contributed by atoms with van der Waals surface area (Å²) in [5.74, 6) is 3.71. The second kappa shape index (κ2) is 9.56. The molecule has 4 aliphatic rings. The van der Waals surface area contributed by atoms with Gasteiger partial charge in [0, 0.05) is 0 Å². The molecule has 0 bridgehead atoms. The van der Waals surface area contributed by atoms with Crippen LogP contribution >= 0.6 is 0 Å². The van der Waals surface area contributed by atoms with Crippen LogP contribution in [0.1, 0.15) is 113 Å². The van der Waals surface area contributed by atoms with Crippen molar-refractivity contribution in [1.82, 2.24) is 0 Å². The molecule has 0 saturated heterocycles. The van der Waals surface area contributed by atoms with Gasteiger partial charge in [-0.2, -0.15) is 0 Å². The third-order valence-electron chi connectivity index (χ3n) is 12.2. The molecule has 0 aliphatic heterocycles. The Labute approximate surface area is 216 Å². The van der Waals surface area contributed by atoms with Crippen LogP contribution in [0.2, 0.25) is 0 Å². The van der Waals surface area contributed by atoms with Crippen LogP contribution in [0.25, 0.3) is 0 Å². The molecule has 4 aliphatic carbocycles. The Bertz CT molecular complexity index is 862.